The Morgan fingerprint density at radius 1 is 1.24 bits per heavy atom. The zero-order valence-corrected chi connectivity index (χ0v) is 13.1. The number of hydrogen-bond donors (Lipinski definition) is 3. The zero-order valence-electron chi connectivity index (χ0n) is 13.1. The van der Waals surface area contributed by atoms with Crippen LogP contribution in [0.2, 0.25) is 0 Å². The Morgan fingerprint density at radius 2 is 1.90 bits per heavy atom. The van der Waals surface area contributed by atoms with Gasteiger partial charge in [0.2, 0.25) is 5.91 Å². The molecule has 0 saturated carbocycles. The van der Waals surface area contributed by atoms with E-state index in [9.17, 15) is 9.59 Å². The van der Waals surface area contributed by atoms with E-state index in [0.29, 0.717) is 23.7 Å². The fourth-order valence-electron chi connectivity index (χ4n) is 1.75. The predicted molar refractivity (Wildman–Crippen MR) is 85.4 cm³/mol. The van der Waals surface area contributed by atoms with E-state index in [1.165, 1.54) is 0 Å². The van der Waals surface area contributed by atoms with Crippen LogP contribution in [0.1, 0.15) is 24.2 Å². The maximum atomic E-state index is 12.0. The van der Waals surface area contributed by atoms with Crippen molar-refractivity contribution >= 4 is 23.2 Å². The summed E-state index contributed by atoms with van der Waals surface area (Å²) < 4.78 is 0. The molecule has 0 spiro atoms. The lowest BCUT2D eigenvalue weighted by Crippen LogP contribution is -2.38. The van der Waals surface area contributed by atoms with Gasteiger partial charge in [0.1, 0.15) is 0 Å². The average Bonchev–Trinajstić information content (AvgIpc) is 2.41. The summed E-state index contributed by atoms with van der Waals surface area (Å²) in [6.45, 7) is 4.57. The van der Waals surface area contributed by atoms with Crippen molar-refractivity contribution < 1.29 is 9.59 Å². The molecule has 0 radical (unpaired) electrons. The largest absolute Gasteiger partial charge is 0.397 e. The number of hydrogen-bond acceptors (Lipinski definition) is 4. The number of nitrogens with zero attached hydrogens (tertiary/aromatic N) is 1. The first-order valence-corrected chi connectivity index (χ1v) is 6.93. The van der Waals surface area contributed by atoms with Gasteiger partial charge in [-0.3, -0.25) is 9.59 Å². The van der Waals surface area contributed by atoms with Gasteiger partial charge in [0, 0.05) is 26.2 Å². The Labute approximate surface area is 125 Å². The molecule has 0 aromatic heterocycles. The van der Waals surface area contributed by atoms with Crippen LogP contribution in [0.5, 0.6) is 0 Å². The smallest absolute Gasteiger partial charge is 0.251 e. The highest BCUT2D eigenvalue weighted by atomic mass is 16.2. The zero-order chi connectivity index (χ0) is 16.0. The molecule has 6 nitrogen and oxygen atoms in total. The summed E-state index contributed by atoms with van der Waals surface area (Å²) in [5, 5.41) is 5.32. The quantitative estimate of drug-likeness (QED) is 0.678. The number of nitrogen functional groups attached to an aromatic ring is 1. The van der Waals surface area contributed by atoms with Gasteiger partial charge >= 0.3 is 0 Å². The fraction of sp³-hybridized carbons (Fsp3) is 0.467. The van der Waals surface area contributed by atoms with Crippen molar-refractivity contribution in [1.29, 1.82) is 0 Å². The highest BCUT2D eigenvalue weighted by Gasteiger charge is 2.10. The summed E-state index contributed by atoms with van der Waals surface area (Å²) in [6, 6.07) is 5.08. The molecule has 6 heteroatoms. The van der Waals surface area contributed by atoms with Gasteiger partial charge < -0.3 is 21.3 Å². The first-order valence-electron chi connectivity index (χ1n) is 6.93. The van der Waals surface area contributed by atoms with Crippen LogP contribution >= 0.6 is 0 Å². The molecular weight excluding hydrogens is 268 g/mol. The van der Waals surface area contributed by atoms with Crippen molar-refractivity contribution in [3.8, 4) is 0 Å². The summed E-state index contributed by atoms with van der Waals surface area (Å²) in [4.78, 5) is 25.4. The van der Waals surface area contributed by atoms with Gasteiger partial charge in [0.15, 0.2) is 0 Å². The molecule has 0 aliphatic heterocycles. The van der Waals surface area contributed by atoms with Crippen LogP contribution < -0.4 is 21.3 Å². The molecule has 1 aromatic rings. The highest BCUT2D eigenvalue weighted by Crippen LogP contribution is 2.22. The molecule has 21 heavy (non-hydrogen) atoms. The van der Waals surface area contributed by atoms with Crippen molar-refractivity contribution in [3.05, 3.63) is 23.8 Å². The molecule has 0 saturated heterocycles. The summed E-state index contributed by atoms with van der Waals surface area (Å²) in [5.41, 5.74) is 7.71. The standard InChI is InChI=1S/C15H24N4O2/c1-10(2)8-17-14(20)9-18-15(21)11-5-6-13(19(3)4)12(16)7-11/h5-7,10H,8-9,16H2,1-4H3,(H,17,20)(H,18,21). The molecular formula is C15H24N4O2. The van der Waals surface area contributed by atoms with Gasteiger partial charge in [-0.2, -0.15) is 0 Å². The SMILES string of the molecule is CC(C)CNC(=O)CNC(=O)c1ccc(N(C)C)c(N)c1. The van der Waals surface area contributed by atoms with Gasteiger partial charge in [-0.15, -0.1) is 0 Å². The number of nitrogens with one attached hydrogen (secondary N) is 2. The molecule has 0 atom stereocenters. The van der Waals surface area contributed by atoms with E-state index < -0.39 is 0 Å². The summed E-state index contributed by atoms with van der Waals surface area (Å²) in [5.74, 6) is -0.135. The van der Waals surface area contributed by atoms with E-state index >= 15 is 0 Å². The van der Waals surface area contributed by atoms with E-state index in [1.807, 2.05) is 32.8 Å². The molecule has 0 aliphatic rings. The molecule has 1 aromatic carbocycles. The van der Waals surface area contributed by atoms with Gasteiger partial charge in [-0.05, 0) is 24.1 Å². The third-order valence-corrected chi connectivity index (χ3v) is 2.89. The minimum Gasteiger partial charge on any atom is -0.397 e. The topological polar surface area (TPSA) is 87.5 Å². The Hall–Kier alpha value is -2.24. The van der Waals surface area contributed by atoms with E-state index in [4.69, 9.17) is 5.73 Å². The van der Waals surface area contributed by atoms with Crippen LogP contribution in [-0.2, 0) is 4.79 Å². The molecule has 2 amide bonds. The molecule has 1 rings (SSSR count). The minimum absolute atomic E-state index is 0.0408. The number of benzene rings is 1. The second-order valence-electron chi connectivity index (χ2n) is 5.55. The number of carbonyl (C=O) groups excluding carboxylic acids is 2. The monoisotopic (exact) mass is 292 g/mol. The van der Waals surface area contributed by atoms with Gasteiger partial charge in [-0.25, -0.2) is 0 Å². The number of amides is 2. The molecule has 0 bridgehead atoms. The van der Waals surface area contributed by atoms with E-state index in [0.717, 1.165) is 5.69 Å². The van der Waals surface area contributed by atoms with Crippen molar-refractivity contribution in [2.75, 3.05) is 37.8 Å². The second kappa shape index (κ2) is 7.52. The Morgan fingerprint density at radius 3 is 2.43 bits per heavy atom. The van der Waals surface area contributed by atoms with E-state index in [2.05, 4.69) is 10.6 Å². The molecule has 0 heterocycles. The summed E-state index contributed by atoms with van der Waals surface area (Å²) >= 11 is 0. The Kier molecular flexibility index (Phi) is 6.02. The molecule has 0 unspecified atom stereocenters. The number of anilines is 2. The van der Waals surface area contributed by atoms with Crippen LogP contribution in [-0.4, -0.2) is 39.0 Å². The van der Waals surface area contributed by atoms with Crippen molar-refractivity contribution in [1.82, 2.24) is 10.6 Å². The predicted octanol–water partition coefficient (Wildman–Crippen LogP) is 0.837. The lowest BCUT2D eigenvalue weighted by molar-refractivity contribution is -0.120. The maximum Gasteiger partial charge on any atom is 0.251 e. The van der Waals surface area contributed by atoms with Gasteiger partial charge in [-0.1, -0.05) is 13.8 Å². The molecule has 0 aliphatic carbocycles. The lowest BCUT2D eigenvalue weighted by atomic mass is 10.1. The normalized spacial score (nSPS) is 10.3. The number of rotatable bonds is 6. The summed E-state index contributed by atoms with van der Waals surface area (Å²) in [6.07, 6.45) is 0. The van der Waals surface area contributed by atoms with Crippen LogP contribution in [0.15, 0.2) is 18.2 Å². The molecule has 4 N–H and O–H groups in total. The Bertz CT molecular complexity index is 512. The third-order valence-electron chi connectivity index (χ3n) is 2.89. The van der Waals surface area contributed by atoms with E-state index in [1.54, 1.807) is 18.2 Å². The Balaban J connectivity index is 2.56. The first kappa shape index (κ1) is 16.8. The van der Waals surface area contributed by atoms with E-state index in [-0.39, 0.29) is 18.4 Å². The summed E-state index contributed by atoms with van der Waals surface area (Å²) in [7, 11) is 3.76. The molecule has 116 valence electrons. The first-order chi connectivity index (χ1) is 9.81. The van der Waals surface area contributed by atoms with Crippen molar-refractivity contribution in [2.24, 2.45) is 5.92 Å². The third kappa shape index (κ3) is 5.33. The van der Waals surface area contributed by atoms with Gasteiger partial charge in [0.05, 0.1) is 17.9 Å². The van der Waals surface area contributed by atoms with Crippen LogP contribution in [0.25, 0.3) is 0 Å². The second-order valence-corrected chi connectivity index (χ2v) is 5.55. The molecule has 0 fully saturated rings. The van der Waals surface area contributed by atoms with Gasteiger partial charge in [0.25, 0.3) is 5.91 Å². The maximum absolute atomic E-state index is 12.0. The van der Waals surface area contributed by atoms with Crippen LogP contribution in [0, 0.1) is 5.92 Å². The number of carbonyl (C=O) groups is 2. The minimum atomic E-state index is -0.313. The van der Waals surface area contributed by atoms with Crippen molar-refractivity contribution in [2.45, 2.75) is 13.8 Å². The average molecular weight is 292 g/mol. The van der Waals surface area contributed by atoms with Crippen LogP contribution in [0.4, 0.5) is 11.4 Å². The fourth-order valence-corrected chi connectivity index (χ4v) is 1.75. The lowest BCUT2D eigenvalue weighted by Gasteiger charge is -2.16. The van der Waals surface area contributed by atoms with Crippen LogP contribution in [0.3, 0.4) is 0 Å². The highest BCUT2D eigenvalue weighted by molar-refractivity contribution is 5.98. The number of nitrogens with two attached hydrogens (primary N) is 1. The van der Waals surface area contributed by atoms with Crippen molar-refractivity contribution in [3.63, 3.8) is 0 Å².